The van der Waals surface area contributed by atoms with Gasteiger partial charge in [-0.25, -0.2) is 4.98 Å². The van der Waals surface area contributed by atoms with Gasteiger partial charge in [0.15, 0.2) is 0 Å². The molecule has 0 saturated carbocycles. The van der Waals surface area contributed by atoms with Gasteiger partial charge >= 0.3 is 6.18 Å². The predicted octanol–water partition coefficient (Wildman–Crippen LogP) is 4.22. The zero-order chi connectivity index (χ0) is 12.3. The van der Waals surface area contributed by atoms with Crippen molar-refractivity contribution in [2.24, 2.45) is 0 Å². The lowest BCUT2D eigenvalue weighted by Gasteiger charge is -2.17. The van der Waals surface area contributed by atoms with Crippen molar-refractivity contribution in [3.8, 4) is 0 Å². The van der Waals surface area contributed by atoms with E-state index in [-0.39, 0.29) is 11.3 Å². The molecule has 0 amide bonds. The lowest BCUT2D eigenvalue weighted by molar-refractivity contribution is -0.141. The summed E-state index contributed by atoms with van der Waals surface area (Å²) >= 11 is 5.92. The summed E-state index contributed by atoms with van der Waals surface area (Å²) in [6.45, 7) is 3.64. The lowest BCUT2D eigenvalue weighted by atomic mass is 9.98. The number of rotatable bonds is 3. The number of aromatic nitrogens is 1. The van der Waals surface area contributed by atoms with Crippen LogP contribution in [0.1, 0.15) is 37.6 Å². The fourth-order valence-corrected chi connectivity index (χ4v) is 1.89. The molecular weight excluding hydrogens is 239 g/mol. The maximum Gasteiger partial charge on any atom is 0.433 e. The summed E-state index contributed by atoms with van der Waals surface area (Å²) in [6.07, 6.45) is -3.73. The summed E-state index contributed by atoms with van der Waals surface area (Å²) in [4.78, 5) is 3.63. The van der Waals surface area contributed by atoms with Gasteiger partial charge in [0.05, 0.1) is 0 Å². The van der Waals surface area contributed by atoms with Crippen molar-refractivity contribution in [2.75, 3.05) is 0 Å². The minimum atomic E-state index is -4.40. The summed E-state index contributed by atoms with van der Waals surface area (Å²) in [5.41, 5.74) is -0.458. The molecule has 1 rings (SSSR count). The molecule has 2 atom stereocenters. The number of pyridine rings is 1. The molecule has 1 heterocycles. The van der Waals surface area contributed by atoms with Crippen LogP contribution in [0, 0.1) is 0 Å². The quantitative estimate of drug-likeness (QED) is 0.733. The van der Waals surface area contributed by atoms with Crippen LogP contribution in [0.15, 0.2) is 18.2 Å². The normalized spacial score (nSPS) is 15.9. The molecule has 0 N–H and O–H groups in total. The van der Waals surface area contributed by atoms with Crippen molar-refractivity contribution in [3.63, 3.8) is 0 Å². The SMILES string of the molecule is CCC(c1cccc(C(F)(F)F)n1)C(C)Cl. The van der Waals surface area contributed by atoms with Gasteiger partial charge in [0, 0.05) is 17.0 Å². The maximum atomic E-state index is 12.4. The van der Waals surface area contributed by atoms with Crippen LogP contribution in [0.25, 0.3) is 0 Å². The zero-order valence-electron chi connectivity index (χ0n) is 9.05. The van der Waals surface area contributed by atoms with Crippen molar-refractivity contribution >= 4 is 11.6 Å². The van der Waals surface area contributed by atoms with Crippen molar-refractivity contribution in [2.45, 2.75) is 37.7 Å². The van der Waals surface area contributed by atoms with Crippen LogP contribution in [0.4, 0.5) is 13.2 Å². The van der Waals surface area contributed by atoms with E-state index < -0.39 is 11.9 Å². The third kappa shape index (κ3) is 3.11. The summed E-state index contributed by atoms with van der Waals surface area (Å²) < 4.78 is 37.3. The minimum Gasteiger partial charge on any atom is -0.248 e. The molecule has 0 fully saturated rings. The molecule has 0 aromatic carbocycles. The fraction of sp³-hybridized carbons (Fsp3) is 0.545. The monoisotopic (exact) mass is 251 g/mol. The summed E-state index contributed by atoms with van der Waals surface area (Å²) in [5.74, 6) is -0.149. The Labute approximate surface area is 97.6 Å². The molecule has 0 aliphatic rings. The first-order valence-electron chi connectivity index (χ1n) is 5.04. The van der Waals surface area contributed by atoms with E-state index in [4.69, 9.17) is 11.6 Å². The molecule has 0 aliphatic heterocycles. The second-order valence-electron chi connectivity index (χ2n) is 3.64. The molecule has 16 heavy (non-hydrogen) atoms. The molecule has 1 nitrogen and oxygen atoms in total. The van der Waals surface area contributed by atoms with Gasteiger partial charge in [-0.1, -0.05) is 13.0 Å². The third-order valence-corrected chi connectivity index (χ3v) is 2.74. The van der Waals surface area contributed by atoms with Crippen molar-refractivity contribution in [3.05, 3.63) is 29.6 Å². The second kappa shape index (κ2) is 5.04. The van der Waals surface area contributed by atoms with Gasteiger partial charge in [0.25, 0.3) is 0 Å². The Morgan fingerprint density at radius 2 is 2.00 bits per heavy atom. The third-order valence-electron chi connectivity index (χ3n) is 2.44. The average molecular weight is 252 g/mol. The largest absolute Gasteiger partial charge is 0.433 e. The fourth-order valence-electron chi connectivity index (χ4n) is 1.59. The van der Waals surface area contributed by atoms with E-state index in [9.17, 15) is 13.2 Å². The smallest absolute Gasteiger partial charge is 0.248 e. The highest BCUT2D eigenvalue weighted by atomic mass is 35.5. The number of hydrogen-bond donors (Lipinski definition) is 0. The number of nitrogens with zero attached hydrogens (tertiary/aromatic N) is 1. The molecule has 2 unspecified atom stereocenters. The Bertz CT molecular complexity index is 349. The van der Waals surface area contributed by atoms with E-state index in [1.807, 2.05) is 6.92 Å². The Morgan fingerprint density at radius 3 is 2.44 bits per heavy atom. The van der Waals surface area contributed by atoms with E-state index in [0.29, 0.717) is 12.1 Å². The zero-order valence-corrected chi connectivity index (χ0v) is 9.81. The first kappa shape index (κ1) is 13.3. The molecule has 1 aromatic rings. The standard InChI is InChI=1S/C11H13ClF3N/c1-3-8(7(2)12)9-5-4-6-10(16-9)11(13,14)15/h4-8H,3H2,1-2H3. The Morgan fingerprint density at radius 1 is 1.38 bits per heavy atom. The highest BCUT2D eigenvalue weighted by molar-refractivity contribution is 6.20. The van der Waals surface area contributed by atoms with E-state index in [2.05, 4.69) is 4.98 Å². The van der Waals surface area contributed by atoms with Gasteiger partial charge in [-0.2, -0.15) is 13.2 Å². The first-order valence-corrected chi connectivity index (χ1v) is 5.48. The number of hydrogen-bond acceptors (Lipinski definition) is 1. The van der Waals surface area contributed by atoms with Gasteiger partial charge < -0.3 is 0 Å². The molecule has 5 heteroatoms. The molecular formula is C11H13ClF3N. The van der Waals surface area contributed by atoms with Gasteiger partial charge in [-0.05, 0) is 25.5 Å². The Balaban J connectivity index is 3.07. The number of halogens is 4. The van der Waals surface area contributed by atoms with Crippen molar-refractivity contribution < 1.29 is 13.2 Å². The van der Waals surface area contributed by atoms with E-state index in [0.717, 1.165) is 6.07 Å². The van der Waals surface area contributed by atoms with Gasteiger partial charge in [0.2, 0.25) is 0 Å². The Hall–Kier alpha value is -0.770. The van der Waals surface area contributed by atoms with E-state index in [1.165, 1.54) is 6.07 Å². The van der Waals surface area contributed by atoms with Gasteiger partial charge in [-0.15, -0.1) is 11.6 Å². The van der Waals surface area contributed by atoms with Gasteiger partial charge in [0.1, 0.15) is 5.69 Å². The van der Waals surface area contributed by atoms with E-state index >= 15 is 0 Å². The van der Waals surface area contributed by atoms with E-state index in [1.54, 1.807) is 13.0 Å². The molecule has 1 aromatic heterocycles. The highest BCUT2D eigenvalue weighted by Crippen LogP contribution is 2.31. The average Bonchev–Trinajstić information content (AvgIpc) is 2.17. The van der Waals surface area contributed by atoms with Crippen LogP contribution in [0.5, 0.6) is 0 Å². The highest BCUT2D eigenvalue weighted by Gasteiger charge is 2.33. The Kier molecular flexibility index (Phi) is 4.19. The summed E-state index contributed by atoms with van der Waals surface area (Å²) in [7, 11) is 0. The topological polar surface area (TPSA) is 12.9 Å². The molecule has 0 bridgehead atoms. The van der Waals surface area contributed by atoms with Gasteiger partial charge in [-0.3, -0.25) is 0 Å². The summed E-state index contributed by atoms with van der Waals surface area (Å²) in [6, 6.07) is 3.92. The summed E-state index contributed by atoms with van der Waals surface area (Å²) in [5, 5.41) is -0.235. The molecule has 0 spiro atoms. The minimum absolute atomic E-state index is 0.149. The second-order valence-corrected chi connectivity index (χ2v) is 4.33. The van der Waals surface area contributed by atoms with Crippen molar-refractivity contribution in [1.82, 2.24) is 4.98 Å². The molecule has 90 valence electrons. The predicted molar refractivity (Wildman–Crippen MR) is 57.6 cm³/mol. The van der Waals surface area contributed by atoms with Crippen LogP contribution in [-0.4, -0.2) is 10.4 Å². The van der Waals surface area contributed by atoms with Crippen LogP contribution in [-0.2, 0) is 6.18 Å². The molecule has 0 saturated heterocycles. The van der Waals surface area contributed by atoms with Crippen LogP contribution < -0.4 is 0 Å². The molecule has 0 radical (unpaired) electrons. The number of alkyl halides is 4. The van der Waals surface area contributed by atoms with Crippen LogP contribution in [0.3, 0.4) is 0 Å². The first-order chi connectivity index (χ1) is 7.36. The molecule has 0 aliphatic carbocycles. The van der Waals surface area contributed by atoms with Crippen molar-refractivity contribution in [1.29, 1.82) is 0 Å². The lowest BCUT2D eigenvalue weighted by Crippen LogP contribution is -2.14. The van der Waals surface area contributed by atoms with Crippen LogP contribution in [0.2, 0.25) is 0 Å². The maximum absolute atomic E-state index is 12.4. The van der Waals surface area contributed by atoms with Crippen LogP contribution >= 0.6 is 11.6 Å².